The van der Waals surface area contributed by atoms with E-state index in [1.807, 2.05) is 0 Å². The molecule has 0 aromatic heterocycles. The van der Waals surface area contributed by atoms with Crippen LogP contribution in [0.4, 0.5) is 14.5 Å². The Bertz CT molecular complexity index is 905. The first-order chi connectivity index (χ1) is 12.8. The number of carbonyl (C=O) groups is 4. The highest BCUT2D eigenvalue weighted by atomic mass is 19.1. The molecule has 1 heterocycles. The summed E-state index contributed by atoms with van der Waals surface area (Å²) in [5.41, 5.74) is 0.219. The summed E-state index contributed by atoms with van der Waals surface area (Å²) in [6.45, 7) is -1.41. The molecule has 9 heteroatoms. The molecule has 0 fully saturated rings. The normalized spacial score (nSPS) is 12.7. The molecule has 0 saturated heterocycles. The van der Waals surface area contributed by atoms with Crippen molar-refractivity contribution in [3.63, 3.8) is 0 Å². The second kappa shape index (κ2) is 7.32. The Morgan fingerprint density at radius 2 is 1.52 bits per heavy atom. The predicted octanol–water partition coefficient (Wildman–Crippen LogP) is 1.74. The van der Waals surface area contributed by atoms with Crippen LogP contribution in [0.5, 0.6) is 0 Å². The Balaban J connectivity index is 1.54. The lowest BCUT2D eigenvalue weighted by Crippen LogP contribution is -2.36. The van der Waals surface area contributed by atoms with Crippen LogP contribution in [0.1, 0.15) is 20.7 Å². The highest BCUT2D eigenvalue weighted by Crippen LogP contribution is 2.22. The van der Waals surface area contributed by atoms with Crippen LogP contribution in [-0.4, -0.2) is 41.7 Å². The van der Waals surface area contributed by atoms with Gasteiger partial charge in [-0.3, -0.25) is 24.1 Å². The number of ether oxygens (including phenoxy) is 1. The molecular weight excluding hydrogens is 362 g/mol. The Labute approximate surface area is 151 Å². The van der Waals surface area contributed by atoms with Crippen molar-refractivity contribution in [2.24, 2.45) is 0 Å². The molecular formula is C18H12F2N2O5. The van der Waals surface area contributed by atoms with E-state index >= 15 is 0 Å². The molecule has 2 aromatic rings. The number of benzene rings is 2. The summed E-state index contributed by atoms with van der Waals surface area (Å²) >= 11 is 0. The SMILES string of the molecule is O=C(COC(=O)CN1C(=O)c2ccccc2C1=O)Nc1cc(F)cc(F)c1. The van der Waals surface area contributed by atoms with E-state index in [1.165, 1.54) is 12.1 Å². The molecule has 0 radical (unpaired) electrons. The van der Waals surface area contributed by atoms with E-state index < -0.39 is 48.5 Å². The van der Waals surface area contributed by atoms with Crippen LogP contribution >= 0.6 is 0 Å². The average Bonchev–Trinajstić information content (AvgIpc) is 2.84. The van der Waals surface area contributed by atoms with E-state index in [-0.39, 0.29) is 16.8 Å². The monoisotopic (exact) mass is 374 g/mol. The summed E-state index contributed by atoms with van der Waals surface area (Å²) in [4.78, 5) is 48.5. The van der Waals surface area contributed by atoms with Gasteiger partial charge in [0.15, 0.2) is 6.61 Å². The Kier molecular flexibility index (Phi) is 4.93. The topological polar surface area (TPSA) is 92.8 Å². The van der Waals surface area contributed by atoms with Crippen LogP contribution in [0.15, 0.2) is 42.5 Å². The van der Waals surface area contributed by atoms with Gasteiger partial charge in [0, 0.05) is 11.8 Å². The molecule has 0 aliphatic carbocycles. The van der Waals surface area contributed by atoms with Gasteiger partial charge in [-0.25, -0.2) is 8.78 Å². The largest absolute Gasteiger partial charge is 0.454 e. The minimum absolute atomic E-state index is 0.145. The standard InChI is InChI=1S/C18H12F2N2O5/c19-10-5-11(20)7-12(6-10)21-15(23)9-27-16(24)8-22-17(25)13-3-1-2-4-14(13)18(22)26/h1-7H,8-9H2,(H,21,23). The summed E-state index contributed by atoms with van der Waals surface area (Å²) < 4.78 is 30.8. The van der Waals surface area contributed by atoms with Crippen LogP contribution in [0, 0.1) is 11.6 Å². The van der Waals surface area contributed by atoms with Gasteiger partial charge in [-0.1, -0.05) is 12.1 Å². The number of hydrogen-bond donors (Lipinski definition) is 1. The van der Waals surface area contributed by atoms with Gasteiger partial charge in [0.2, 0.25) is 0 Å². The quantitative estimate of drug-likeness (QED) is 0.636. The highest BCUT2D eigenvalue weighted by Gasteiger charge is 2.36. The lowest BCUT2D eigenvalue weighted by molar-refractivity contribution is -0.147. The second-order valence-electron chi connectivity index (χ2n) is 5.61. The number of imide groups is 1. The van der Waals surface area contributed by atoms with Gasteiger partial charge in [-0.2, -0.15) is 0 Å². The van der Waals surface area contributed by atoms with Crippen LogP contribution in [0.2, 0.25) is 0 Å². The first-order valence-corrected chi connectivity index (χ1v) is 7.72. The van der Waals surface area contributed by atoms with Crippen molar-refractivity contribution >= 4 is 29.4 Å². The number of esters is 1. The van der Waals surface area contributed by atoms with E-state index in [1.54, 1.807) is 12.1 Å². The molecule has 1 aliphatic rings. The summed E-state index contributed by atoms with van der Waals surface area (Å²) in [6, 6.07) is 8.52. The van der Waals surface area contributed by atoms with E-state index in [0.717, 1.165) is 12.1 Å². The molecule has 0 unspecified atom stereocenters. The number of nitrogens with zero attached hydrogens (tertiary/aromatic N) is 1. The smallest absolute Gasteiger partial charge is 0.326 e. The number of amides is 3. The third-order valence-electron chi connectivity index (χ3n) is 3.68. The van der Waals surface area contributed by atoms with Crippen molar-refractivity contribution in [2.45, 2.75) is 0 Å². The predicted molar refractivity (Wildman–Crippen MR) is 87.8 cm³/mol. The number of hydrogen-bond acceptors (Lipinski definition) is 5. The molecule has 3 amide bonds. The highest BCUT2D eigenvalue weighted by molar-refractivity contribution is 6.22. The van der Waals surface area contributed by atoms with Gasteiger partial charge in [-0.15, -0.1) is 0 Å². The van der Waals surface area contributed by atoms with Crippen molar-refractivity contribution < 1.29 is 32.7 Å². The van der Waals surface area contributed by atoms with Gasteiger partial charge in [0.05, 0.1) is 11.1 Å². The van der Waals surface area contributed by atoms with Crippen LogP contribution in [-0.2, 0) is 14.3 Å². The zero-order chi connectivity index (χ0) is 19.6. The fourth-order valence-corrected chi connectivity index (χ4v) is 2.53. The zero-order valence-corrected chi connectivity index (χ0v) is 13.7. The van der Waals surface area contributed by atoms with Gasteiger partial charge >= 0.3 is 5.97 Å². The lowest BCUT2D eigenvalue weighted by atomic mass is 10.1. The molecule has 0 spiro atoms. The van der Waals surface area contributed by atoms with E-state index in [2.05, 4.69) is 5.32 Å². The molecule has 7 nitrogen and oxygen atoms in total. The molecule has 2 aromatic carbocycles. The van der Waals surface area contributed by atoms with Gasteiger partial charge < -0.3 is 10.1 Å². The molecule has 0 bridgehead atoms. The number of rotatable bonds is 5. The van der Waals surface area contributed by atoms with E-state index in [4.69, 9.17) is 4.74 Å². The van der Waals surface area contributed by atoms with Gasteiger partial charge in [0.25, 0.3) is 17.7 Å². The molecule has 0 atom stereocenters. The van der Waals surface area contributed by atoms with Gasteiger partial charge in [0.1, 0.15) is 18.2 Å². The summed E-state index contributed by atoms with van der Waals surface area (Å²) in [5, 5.41) is 2.16. The van der Waals surface area contributed by atoms with Crippen molar-refractivity contribution in [3.05, 3.63) is 65.2 Å². The molecule has 1 N–H and O–H groups in total. The van der Waals surface area contributed by atoms with Gasteiger partial charge in [-0.05, 0) is 24.3 Å². The van der Waals surface area contributed by atoms with Crippen molar-refractivity contribution in [3.8, 4) is 0 Å². The van der Waals surface area contributed by atoms with E-state index in [0.29, 0.717) is 11.0 Å². The molecule has 0 saturated carbocycles. The molecule has 3 rings (SSSR count). The second-order valence-corrected chi connectivity index (χ2v) is 5.61. The van der Waals surface area contributed by atoms with Crippen LogP contribution < -0.4 is 5.32 Å². The van der Waals surface area contributed by atoms with Crippen molar-refractivity contribution in [1.82, 2.24) is 4.90 Å². The van der Waals surface area contributed by atoms with Crippen molar-refractivity contribution in [1.29, 1.82) is 0 Å². The molecule has 1 aliphatic heterocycles. The van der Waals surface area contributed by atoms with E-state index in [9.17, 15) is 28.0 Å². The van der Waals surface area contributed by atoms with Crippen LogP contribution in [0.3, 0.4) is 0 Å². The minimum atomic E-state index is -0.981. The maximum absolute atomic E-state index is 13.1. The first-order valence-electron chi connectivity index (χ1n) is 7.72. The lowest BCUT2D eigenvalue weighted by Gasteiger charge is -2.13. The first kappa shape index (κ1) is 18.2. The Hall–Kier alpha value is -3.62. The fraction of sp³-hybridized carbons (Fsp3) is 0.111. The summed E-state index contributed by atoms with van der Waals surface area (Å²) in [7, 11) is 0. The molecule has 138 valence electrons. The summed E-state index contributed by atoms with van der Waals surface area (Å²) in [5.74, 6) is -4.85. The van der Waals surface area contributed by atoms with Crippen molar-refractivity contribution in [2.75, 3.05) is 18.5 Å². The summed E-state index contributed by atoms with van der Waals surface area (Å²) in [6.07, 6.45) is 0. The Morgan fingerprint density at radius 3 is 2.07 bits per heavy atom. The number of nitrogens with one attached hydrogen (secondary N) is 1. The average molecular weight is 374 g/mol. The fourth-order valence-electron chi connectivity index (χ4n) is 2.53. The number of fused-ring (bicyclic) bond motifs is 1. The Morgan fingerprint density at radius 1 is 0.963 bits per heavy atom. The number of carbonyl (C=O) groups excluding carboxylic acids is 4. The number of halogens is 2. The third kappa shape index (κ3) is 3.97. The minimum Gasteiger partial charge on any atom is -0.454 e. The van der Waals surface area contributed by atoms with Crippen LogP contribution in [0.25, 0.3) is 0 Å². The third-order valence-corrected chi connectivity index (χ3v) is 3.68. The number of anilines is 1. The maximum Gasteiger partial charge on any atom is 0.326 e. The maximum atomic E-state index is 13.1. The molecule has 27 heavy (non-hydrogen) atoms. The zero-order valence-electron chi connectivity index (χ0n) is 13.7.